The molecule has 1 amide bonds. The van der Waals surface area contributed by atoms with E-state index in [0.29, 0.717) is 30.4 Å². The lowest BCUT2D eigenvalue weighted by molar-refractivity contribution is -0.137. The highest BCUT2D eigenvalue weighted by Gasteiger charge is 2.36. The van der Waals surface area contributed by atoms with E-state index in [9.17, 15) is 23.1 Å². The number of anilines is 2. The van der Waals surface area contributed by atoms with Crippen LogP contribution < -0.4 is 10.2 Å². The van der Waals surface area contributed by atoms with Gasteiger partial charge < -0.3 is 15.3 Å². The molecule has 2 atom stereocenters. The zero-order valence-electron chi connectivity index (χ0n) is 17.3. The largest absolute Gasteiger partial charge is 0.419 e. The molecule has 0 saturated carbocycles. The van der Waals surface area contributed by atoms with Gasteiger partial charge in [-0.2, -0.15) is 18.3 Å². The summed E-state index contributed by atoms with van der Waals surface area (Å²) in [7, 11) is 1.74. The number of amides is 1. The monoisotopic (exact) mass is 446 g/mol. The minimum Gasteiger partial charge on any atom is -0.391 e. The van der Waals surface area contributed by atoms with E-state index in [-0.39, 0.29) is 17.6 Å². The van der Waals surface area contributed by atoms with Crippen LogP contribution in [0.1, 0.15) is 29.4 Å². The Balaban J connectivity index is 1.65. The maximum Gasteiger partial charge on any atom is 0.419 e. The molecule has 3 aromatic rings. The van der Waals surface area contributed by atoms with Gasteiger partial charge >= 0.3 is 6.18 Å². The van der Waals surface area contributed by atoms with Gasteiger partial charge in [0.2, 0.25) is 0 Å². The maximum atomic E-state index is 13.6. The average molecular weight is 446 g/mol. The molecule has 1 aliphatic rings. The van der Waals surface area contributed by atoms with Crippen LogP contribution in [0, 0.1) is 0 Å². The topological polar surface area (TPSA) is 96.2 Å². The van der Waals surface area contributed by atoms with Crippen LogP contribution in [-0.4, -0.2) is 49.5 Å². The second-order valence-electron chi connectivity index (χ2n) is 7.64. The molecule has 168 valence electrons. The third-order valence-electron chi connectivity index (χ3n) is 5.43. The fraction of sp³-hybridized carbons (Fsp3) is 0.333. The summed E-state index contributed by atoms with van der Waals surface area (Å²) in [6.45, 7) is 2.21. The molecule has 0 bridgehead atoms. The summed E-state index contributed by atoms with van der Waals surface area (Å²) in [4.78, 5) is 22.7. The van der Waals surface area contributed by atoms with Gasteiger partial charge in [-0.25, -0.2) is 9.97 Å². The van der Waals surface area contributed by atoms with Crippen molar-refractivity contribution in [1.29, 1.82) is 0 Å². The Labute approximate surface area is 181 Å². The number of aliphatic hydroxyl groups is 1. The third kappa shape index (κ3) is 4.28. The molecule has 32 heavy (non-hydrogen) atoms. The van der Waals surface area contributed by atoms with Crippen LogP contribution in [0.4, 0.5) is 24.7 Å². The molecule has 0 radical (unpaired) electrons. The Morgan fingerprint density at radius 3 is 2.69 bits per heavy atom. The molecule has 1 saturated heterocycles. The van der Waals surface area contributed by atoms with Gasteiger partial charge in [0.1, 0.15) is 11.5 Å². The molecule has 8 nitrogen and oxygen atoms in total. The van der Waals surface area contributed by atoms with Crippen LogP contribution >= 0.6 is 0 Å². The molecule has 1 fully saturated rings. The second-order valence-corrected chi connectivity index (χ2v) is 7.64. The fourth-order valence-electron chi connectivity index (χ4n) is 3.64. The van der Waals surface area contributed by atoms with E-state index in [0.717, 1.165) is 0 Å². The van der Waals surface area contributed by atoms with Crippen LogP contribution in [0.3, 0.4) is 0 Å². The Kier molecular flexibility index (Phi) is 5.59. The fourth-order valence-corrected chi connectivity index (χ4v) is 3.64. The summed E-state index contributed by atoms with van der Waals surface area (Å²) in [6, 6.07) is 5.57. The molecule has 2 N–H and O–H groups in total. The van der Waals surface area contributed by atoms with E-state index in [2.05, 4.69) is 20.4 Å². The summed E-state index contributed by atoms with van der Waals surface area (Å²) in [5.41, 5.74) is -0.383. The zero-order valence-corrected chi connectivity index (χ0v) is 17.3. The Morgan fingerprint density at radius 1 is 1.28 bits per heavy atom. The minimum absolute atomic E-state index is 0.0391. The lowest BCUT2D eigenvalue weighted by Crippen LogP contribution is -2.33. The molecule has 1 aliphatic heterocycles. The van der Waals surface area contributed by atoms with Gasteiger partial charge in [0.15, 0.2) is 0 Å². The van der Waals surface area contributed by atoms with Crippen LogP contribution in [0.25, 0.3) is 11.3 Å². The molecule has 11 heteroatoms. The van der Waals surface area contributed by atoms with Gasteiger partial charge in [0.05, 0.1) is 35.3 Å². The van der Waals surface area contributed by atoms with Gasteiger partial charge in [-0.3, -0.25) is 9.48 Å². The SMILES string of the molecule is CC1C(O)CCN1c1cc(NC(=O)c2cccc(-c3cnn(C)c3)n2)c(C(F)(F)F)cn1. The number of pyridine rings is 2. The number of nitrogens with zero attached hydrogens (tertiary/aromatic N) is 5. The van der Waals surface area contributed by atoms with Crippen molar-refractivity contribution in [2.75, 3.05) is 16.8 Å². The molecule has 2 unspecified atom stereocenters. The summed E-state index contributed by atoms with van der Waals surface area (Å²) < 4.78 is 42.3. The highest BCUT2D eigenvalue weighted by atomic mass is 19.4. The van der Waals surface area contributed by atoms with Gasteiger partial charge in [-0.05, 0) is 25.5 Å². The van der Waals surface area contributed by atoms with Crippen molar-refractivity contribution in [3.05, 3.63) is 54.1 Å². The first-order valence-electron chi connectivity index (χ1n) is 9.93. The number of halogens is 3. The van der Waals surface area contributed by atoms with Crippen LogP contribution in [0.15, 0.2) is 42.9 Å². The second kappa shape index (κ2) is 8.23. The molecular formula is C21H21F3N6O2. The lowest BCUT2D eigenvalue weighted by Gasteiger charge is -2.25. The highest BCUT2D eigenvalue weighted by molar-refractivity contribution is 6.03. The summed E-state index contributed by atoms with van der Waals surface area (Å²) in [5.74, 6) is -0.540. The number of nitrogens with one attached hydrogen (secondary N) is 1. The predicted molar refractivity (Wildman–Crippen MR) is 111 cm³/mol. The van der Waals surface area contributed by atoms with E-state index in [1.54, 1.807) is 48.1 Å². The molecule has 0 aliphatic carbocycles. The van der Waals surface area contributed by atoms with Crippen molar-refractivity contribution in [2.45, 2.75) is 31.7 Å². The zero-order chi connectivity index (χ0) is 23.0. The number of aromatic nitrogens is 4. The van der Waals surface area contributed by atoms with Gasteiger partial charge in [0.25, 0.3) is 5.91 Å². The third-order valence-corrected chi connectivity index (χ3v) is 5.43. The lowest BCUT2D eigenvalue weighted by atomic mass is 10.2. The maximum absolute atomic E-state index is 13.6. The standard InChI is InChI=1S/C21H21F3N6O2/c1-12-18(31)6-7-30(12)19-8-17(14(10-25-19)21(22,23)24)28-20(32)16-5-3-4-15(27-16)13-9-26-29(2)11-13/h3-5,8-12,18,31H,6-7H2,1-2H3,(H,25,28,32). The molecule has 4 heterocycles. The van der Waals surface area contributed by atoms with Gasteiger partial charge in [-0.15, -0.1) is 0 Å². The first-order chi connectivity index (χ1) is 15.1. The molecule has 0 spiro atoms. The first-order valence-corrected chi connectivity index (χ1v) is 9.93. The Bertz CT molecular complexity index is 1150. The van der Waals surface area contributed by atoms with Gasteiger partial charge in [-0.1, -0.05) is 6.07 Å². The van der Waals surface area contributed by atoms with E-state index in [4.69, 9.17) is 0 Å². The number of carbonyl (C=O) groups excluding carboxylic acids is 1. The van der Waals surface area contributed by atoms with Gasteiger partial charge in [0, 0.05) is 37.6 Å². The van der Waals surface area contributed by atoms with Crippen molar-refractivity contribution in [2.24, 2.45) is 7.05 Å². The first kappa shape index (κ1) is 21.8. The number of hydrogen-bond acceptors (Lipinski definition) is 6. The van der Waals surface area contributed by atoms with Crippen molar-refractivity contribution in [3.8, 4) is 11.3 Å². The average Bonchev–Trinajstić information content (AvgIpc) is 3.33. The number of alkyl halides is 3. The normalized spacial score (nSPS) is 18.8. The smallest absolute Gasteiger partial charge is 0.391 e. The minimum atomic E-state index is -4.71. The number of hydrogen-bond donors (Lipinski definition) is 2. The number of rotatable bonds is 4. The van der Waals surface area contributed by atoms with Crippen molar-refractivity contribution >= 4 is 17.4 Å². The quantitative estimate of drug-likeness (QED) is 0.640. The van der Waals surface area contributed by atoms with Crippen molar-refractivity contribution in [3.63, 3.8) is 0 Å². The molecule has 3 aromatic heterocycles. The molecule has 4 rings (SSSR count). The van der Waals surface area contributed by atoms with Crippen molar-refractivity contribution in [1.82, 2.24) is 19.7 Å². The Morgan fingerprint density at radius 2 is 2.06 bits per heavy atom. The summed E-state index contributed by atoms with van der Waals surface area (Å²) in [5, 5.41) is 16.4. The predicted octanol–water partition coefficient (Wildman–Crippen LogP) is 3.11. The number of aryl methyl sites for hydroxylation is 1. The van der Waals surface area contributed by atoms with Crippen LogP contribution in [0.2, 0.25) is 0 Å². The van der Waals surface area contributed by atoms with E-state index < -0.39 is 29.4 Å². The van der Waals surface area contributed by atoms with Crippen LogP contribution in [0.5, 0.6) is 0 Å². The van der Waals surface area contributed by atoms with Crippen LogP contribution in [-0.2, 0) is 13.2 Å². The summed E-state index contributed by atoms with van der Waals surface area (Å²) in [6.07, 6.45) is -0.844. The number of carbonyl (C=O) groups is 1. The number of aliphatic hydroxyl groups excluding tert-OH is 1. The highest BCUT2D eigenvalue weighted by Crippen LogP contribution is 2.37. The summed E-state index contributed by atoms with van der Waals surface area (Å²) >= 11 is 0. The molecular weight excluding hydrogens is 425 g/mol. The van der Waals surface area contributed by atoms with E-state index in [1.807, 2.05) is 0 Å². The van der Waals surface area contributed by atoms with Crippen molar-refractivity contribution < 1.29 is 23.1 Å². The molecule has 0 aromatic carbocycles. The Hall–Kier alpha value is -3.47. The van der Waals surface area contributed by atoms with E-state index in [1.165, 1.54) is 12.1 Å². The van der Waals surface area contributed by atoms with E-state index >= 15 is 0 Å².